The predicted octanol–water partition coefficient (Wildman–Crippen LogP) is 4.35. The number of carbonyl (C=O) groups is 1. The minimum atomic E-state index is -0.527. The number of carbonyl (C=O) groups excluding carboxylic acids is 1. The van der Waals surface area contributed by atoms with E-state index in [0.29, 0.717) is 16.5 Å². The lowest BCUT2D eigenvalue weighted by molar-refractivity contribution is 0.0862. The summed E-state index contributed by atoms with van der Waals surface area (Å²) >= 11 is 11.8. The van der Waals surface area contributed by atoms with Crippen LogP contribution < -0.4 is 0 Å². The molecular weight excluding hydrogens is 243 g/mol. The quantitative estimate of drug-likeness (QED) is 0.580. The third-order valence-electron chi connectivity index (χ3n) is 2.64. The second kappa shape index (κ2) is 5.20. The topological polar surface area (TPSA) is 17.1 Å². The van der Waals surface area contributed by atoms with E-state index >= 15 is 0 Å². The van der Waals surface area contributed by atoms with Crippen LogP contribution in [-0.4, -0.2) is 11.7 Å². The van der Waals surface area contributed by atoms with Crippen LogP contribution in [0.5, 0.6) is 0 Å². The second-order valence-corrected chi connectivity index (χ2v) is 5.18. The zero-order valence-electron chi connectivity index (χ0n) is 9.81. The van der Waals surface area contributed by atoms with E-state index in [9.17, 15) is 4.79 Å². The molecule has 1 rings (SSSR count). The van der Waals surface area contributed by atoms with Crippen LogP contribution >= 0.6 is 23.2 Å². The molecule has 0 radical (unpaired) electrons. The minimum absolute atomic E-state index is 0.0638. The Morgan fingerprint density at radius 2 is 2.00 bits per heavy atom. The van der Waals surface area contributed by atoms with Crippen molar-refractivity contribution >= 4 is 29.0 Å². The van der Waals surface area contributed by atoms with Gasteiger partial charge in [0.2, 0.25) is 0 Å². The number of rotatable bonds is 4. The molecule has 0 N–H and O–H groups in total. The van der Waals surface area contributed by atoms with Gasteiger partial charge in [0, 0.05) is 21.9 Å². The molecule has 0 amide bonds. The molecule has 16 heavy (non-hydrogen) atoms. The summed E-state index contributed by atoms with van der Waals surface area (Å²) in [6, 6.07) is 5.40. The van der Waals surface area contributed by atoms with E-state index in [1.54, 1.807) is 12.1 Å². The third-order valence-corrected chi connectivity index (χ3v) is 3.67. The maximum atomic E-state index is 12.1. The molecule has 0 fully saturated rings. The molecule has 0 saturated heterocycles. The highest BCUT2D eigenvalue weighted by atomic mass is 35.5. The number of ketones is 1. The first-order valence-corrected chi connectivity index (χ1v) is 6.23. The molecule has 0 aliphatic rings. The van der Waals surface area contributed by atoms with Crippen molar-refractivity contribution in [3.63, 3.8) is 0 Å². The summed E-state index contributed by atoms with van der Waals surface area (Å²) in [5.41, 5.74) is 1.16. The van der Waals surface area contributed by atoms with Crippen LogP contribution in [0.2, 0.25) is 5.02 Å². The van der Waals surface area contributed by atoms with Gasteiger partial charge in [0.25, 0.3) is 0 Å². The van der Waals surface area contributed by atoms with Crippen LogP contribution in [0.15, 0.2) is 18.2 Å². The van der Waals surface area contributed by atoms with Crippen LogP contribution in [0.25, 0.3) is 0 Å². The lowest BCUT2D eigenvalue weighted by atomic mass is 9.85. The molecule has 0 spiro atoms. The highest BCUT2D eigenvalue weighted by molar-refractivity contribution is 6.31. The van der Waals surface area contributed by atoms with Crippen molar-refractivity contribution in [2.75, 3.05) is 5.88 Å². The SMILES string of the molecule is CCc1cc(C(=O)C(C)(C)CCl)ccc1Cl. The summed E-state index contributed by atoms with van der Waals surface area (Å²) in [5.74, 6) is 0.379. The van der Waals surface area contributed by atoms with Crippen molar-refractivity contribution in [1.82, 2.24) is 0 Å². The van der Waals surface area contributed by atoms with Crippen molar-refractivity contribution < 1.29 is 4.79 Å². The van der Waals surface area contributed by atoms with E-state index in [2.05, 4.69) is 0 Å². The van der Waals surface area contributed by atoms with Gasteiger partial charge in [-0.2, -0.15) is 0 Å². The van der Waals surface area contributed by atoms with E-state index in [0.717, 1.165) is 12.0 Å². The number of benzene rings is 1. The highest BCUT2D eigenvalue weighted by Crippen LogP contribution is 2.26. The molecule has 88 valence electrons. The van der Waals surface area contributed by atoms with Gasteiger partial charge in [-0.15, -0.1) is 11.6 Å². The largest absolute Gasteiger partial charge is 0.294 e. The number of alkyl halides is 1. The van der Waals surface area contributed by atoms with Gasteiger partial charge in [-0.1, -0.05) is 32.4 Å². The molecule has 1 aromatic carbocycles. The Hall–Kier alpha value is -0.530. The fraction of sp³-hybridized carbons (Fsp3) is 0.462. The van der Waals surface area contributed by atoms with Gasteiger partial charge < -0.3 is 0 Å². The third kappa shape index (κ3) is 2.78. The Kier molecular flexibility index (Phi) is 4.40. The molecule has 1 aromatic rings. The lowest BCUT2D eigenvalue weighted by Gasteiger charge is -2.20. The summed E-state index contributed by atoms with van der Waals surface area (Å²) in [6.07, 6.45) is 0.821. The van der Waals surface area contributed by atoms with Crippen molar-refractivity contribution in [3.8, 4) is 0 Å². The fourth-order valence-electron chi connectivity index (χ4n) is 1.44. The summed E-state index contributed by atoms with van der Waals surface area (Å²) in [6.45, 7) is 5.72. The molecule has 0 aromatic heterocycles. The molecule has 0 aliphatic carbocycles. The summed E-state index contributed by atoms with van der Waals surface area (Å²) in [5, 5.41) is 0.711. The van der Waals surface area contributed by atoms with Crippen molar-refractivity contribution in [2.45, 2.75) is 27.2 Å². The molecule has 0 saturated carbocycles. The van der Waals surface area contributed by atoms with E-state index in [1.165, 1.54) is 0 Å². The molecule has 0 atom stereocenters. The predicted molar refractivity (Wildman–Crippen MR) is 69.7 cm³/mol. The first kappa shape index (κ1) is 13.5. The minimum Gasteiger partial charge on any atom is -0.294 e. The van der Waals surface area contributed by atoms with E-state index < -0.39 is 5.41 Å². The average molecular weight is 259 g/mol. The maximum Gasteiger partial charge on any atom is 0.169 e. The molecule has 1 nitrogen and oxygen atoms in total. The number of Topliss-reactive ketones (excluding diaryl/α,β-unsaturated/α-hetero) is 1. The zero-order valence-corrected chi connectivity index (χ0v) is 11.3. The lowest BCUT2D eigenvalue weighted by Crippen LogP contribution is -2.26. The smallest absolute Gasteiger partial charge is 0.169 e. The van der Waals surface area contributed by atoms with Gasteiger partial charge >= 0.3 is 0 Å². The van der Waals surface area contributed by atoms with Crippen LogP contribution in [0.4, 0.5) is 0 Å². The fourth-order valence-corrected chi connectivity index (χ4v) is 1.81. The monoisotopic (exact) mass is 258 g/mol. The number of hydrogen-bond acceptors (Lipinski definition) is 1. The Morgan fingerprint density at radius 3 is 2.50 bits per heavy atom. The Morgan fingerprint density at radius 1 is 1.38 bits per heavy atom. The van der Waals surface area contributed by atoms with Gasteiger partial charge in [0.05, 0.1) is 0 Å². The van der Waals surface area contributed by atoms with Gasteiger partial charge in [-0.05, 0) is 30.2 Å². The van der Waals surface area contributed by atoms with Crippen LogP contribution in [0.3, 0.4) is 0 Å². The molecular formula is C13H16Cl2O. The standard InChI is InChI=1S/C13H16Cl2O/c1-4-9-7-10(5-6-11(9)15)12(16)13(2,3)8-14/h5-7H,4,8H2,1-3H3. The first-order valence-electron chi connectivity index (χ1n) is 5.31. The molecule has 0 aliphatic heterocycles. The van der Waals surface area contributed by atoms with Gasteiger partial charge in [-0.3, -0.25) is 4.79 Å². The molecule has 3 heteroatoms. The van der Waals surface area contributed by atoms with Crippen molar-refractivity contribution in [2.24, 2.45) is 5.41 Å². The van der Waals surface area contributed by atoms with Crippen LogP contribution in [0, 0.1) is 5.41 Å². The molecule has 0 heterocycles. The summed E-state index contributed by atoms with van der Waals surface area (Å²) < 4.78 is 0. The van der Waals surface area contributed by atoms with Crippen LogP contribution in [0.1, 0.15) is 36.7 Å². The summed E-state index contributed by atoms with van der Waals surface area (Å²) in [4.78, 5) is 12.1. The Balaban J connectivity index is 3.10. The van der Waals surface area contributed by atoms with Gasteiger partial charge in [0.1, 0.15) is 0 Å². The average Bonchev–Trinajstić information content (AvgIpc) is 2.28. The molecule has 0 bridgehead atoms. The van der Waals surface area contributed by atoms with Crippen molar-refractivity contribution in [1.29, 1.82) is 0 Å². The molecule has 0 unspecified atom stereocenters. The Bertz CT molecular complexity index is 397. The van der Waals surface area contributed by atoms with Crippen LogP contribution in [-0.2, 0) is 6.42 Å². The van der Waals surface area contributed by atoms with E-state index in [-0.39, 0.29) is 5.78 Å². The number of hydrogen-bond donors (Lipinski definition) is 0. The van der Waals surface area contributed by atoms with Crippen molar-refractivity contribution in [3.05, 3.63) is 34.3 Å². The Labute approximate surface area is 107 Å². The van der Waals surface area contributed by atoms with E-state index in [4.69, 9.17) is 23.2 Å². The normalized spacial score (nSPS) is 11.6. The number of aryl methyl sites for hydroxylation is 1. The maximum absolute atomic E-state index is 12.1. The number of halogens is 2. The van der Waals surface area contributed by atoms with Gasteiger partial charge in [0.15, 0.2) is 5.78 Å². The zero-order chi connectivity index (χ0) is 12.3. The highest BCUT2D eigenvalue weighted by Gasteiger charge is 2.27. The van der Waals surface area contributed by atoms with Gasteiger partial charge in [-0.25, -0.2) is 0 Å². The summed E-state index contributed by atoms with van der Waals surface area (Å²) in [7, 11) is 0. The van der Waals surface area contributed by atoms with E-state index in [1.807, 2.05) is 26.8 Å². The first-order chi connectivity index (χ1) is 7.42. The second-order valence-electron chi connectivity index (χ2n) is 4.51.